The third-order valence-corrected chi connectivity index (χ3v) is 2.81. The molecule has 1 atom stereocenters. The number of rotatable bonds is 4. The zero-order chi connectivity index (χ0) is 11.4. The van der Waals surface area contributed by atoms with E-state index in [2.05, 4.69) is 6.58 Å². The summed E-state index contributed by atoms with van der Waals surface area (Å²) in [4.78, 5) is 0. The summed E-state index contributed by atoms with van der Waals surface area (Å²) in [5.74, 6) is 0.903. The van der Waals surface area contributed by atoms with Crippen LogP contribution >= 0.6 is 0 Å². The first-order chi connectivity index (χ1) is 7.75. The fraction of sp³-hybridized carbons (Fsp3) is 0.429. The highest BCUT2D eigenvalue weighted by atomic mass is 16.5. The van der Waals surface area contributed by atoms with Crippen LogP contribution in [0.1, 0.15) is 25.3 Å². The molecule has 1 aromatic carbocycles. The first kappa shape index (κ1) is 11.2. The maximum absolute atomic E-state index is 5.67. The van der Waals surface area contributed by atoms with Gasteiger partial charge in [0.1, 0.15) is 12.4 Å². The summed E-state index contributed by atoms with van der Waals surface area (Å²) < 4.78 is 11.2. The van der Waals surface area contributed by atoms with Crippen LogP contribution in [-0.4, -0.2) is 19.3 Å². The molecule has 0 bridgehead atoms. The molecule has 0 N–H and O–H groups in total. The Hall–Kier alpha value is -1.28. The van der Waals surface area contributed by atoms with E-state index < -0.39 is 0 Å². The van der Waals surface area contributed by atoms with Crippen LogP contribution in [0.5, 0.6) is 5.75 Å². The van der Waals surface area contributed by atoms with Crippen molar-refractivity contribution in [3.05, 3.63) is 36.4 Å². The predicted molar refractivity (Wildman–Crippen MR) is 65.6 cm³/mol. The van der Waals surface area contributed by atoms with Crippen LogP contribution in [0.25, 0.3) is 5.57 Å². The molecule has 1 unspecified atom stereocenters. The third kappa shape index (κ3) is 2.86. The highest BCUT2D eigenvalue weighted by molar-refractivity contribution is 5.61. The first-order valence-corrected chi connectivity index (χ1v) is 5.76. The molecule has 0 radical (unpaired) electrons. The van der Waals surface area contributed by atoms with Gasteiger partial charge in [-0.15, -0.1) is 0 Å². The summed E-state index contributed by atoms with van der Waals surface area (Å²) in [6, 6.07) is 8.04. The van der Waals surface area contributed by atoms with E-state index in [0.717, 1.165) is 36.3 Å². The van der Waals surface area contributed by atoms with Gasteiger partial charge in [0.25, 0.3) is 0 Å². The molecule has 86 valence electrons. The van der Waals surface area contributed by atoms with Crippen molar-refractivity contribution in [2.75, 3.05) is 13.2 Å². The van der Waals surface area contributed by atoms with Gasteiger partial charge >= 0.3 is 0 Å². The van der Waals surface area contributed by atoms with E-state index in [-0.39, 0.29) is 6.10 Å². The van der Waals surface area contributed by atoms with Gasteiger partial charge in [-0.3, -0.25) is 0 Å². The topological polar surface area (TPSA) is 18.5 Å². The number of allylic oxidation sites excluding steroid dienone is 1. The van der Waals surface area contributed by atoms with E-state index in [1.165, 1.54) is 0 Å². The first-order valence-electron chi connectivity index (χ1n) is 5.76. The van der Waals surface area contributed by atoms with Crippen molar-refractivity contribution in [3.63, 3.8) is 0 Å². The lowest BCUT2D eigenvalue weighted by atomic mass is 10.1. The second-order valence-electron chi connectivity index (χ2n) is 4.25. The Kier molecular flexibility index (Phi) is 3.62. The Balaban J connectivity index is 1.87. The largest absolute Gasteiger partial charge is 0.491 e. The van der Waals surface area contributed by atoms with Gasteiger partial charge < -0.3 is 9.47 Å². The second kappa shape index (κ2) is 5.17. The SMILES string of the molecule is C=C(C)c1ccc(OCC2CCCO2)cc1. The molecule has 2 heteroatoms. The fourth-order valence-electron chi connectivity index (χ4n) is 1.80. The van der Waals surface area contributed by atoms with Crippen LogP contribution in [0.3, 0.4) is 0 Å². The zero-order valence-corrected chi connectivity index (χ0v) is 9.74. The van der Waals surface area contributed by atoms with Crippen LogP contribution < -0.4 is 4.74 Å². The van der Waals surface area contributed by atoms with Gasteiger partial charge in [0.15, 0.2) is 0 Å². The molecule has 1 aromatic rings. The van der Waals surface area contributed by atoms with Gasteiger partial charge in [-0.2, -0.15) is 0 Å². The van der Waals surface area contributed by atoms with E-state index in [1.807, 2.05) is 31.2 Å². The van der Waals surface area contributed by atoms with Crippen molar-refractivity contribution in [2.24, 2.45) is 0 Å². The summed E-state index contributed by atoms with van der Waals surface area (Å²) in [6.07, 6.45) is 2.55. The monoisotopic (exact) mass is 218 g/mol. The zero-order valence-electron chi connectivity index (χ0n) is 9.74. The van der Waals surface area contributed by atoms with E-state index in [1.54, 1.807) is 0 Å². The molecule has 0 aliphatic carbocycles. The quantitative estimate of drug-likeness (QED) is 0.772. The molecule has 0 aromatic heterocycles. The van der Waals surface area contributed by atoms with Crippen LogP contribution in [0.4, 0.5) is 0 Å². The highest BCUT2D eigenvalue weighted by Gasteiger charge is 2.15. The average molecular weight is 218 g/mol. The lowest BCUT2D eigenvalue weighted by Crippen LogP contribution is -2.16. The maximum Gasteiger partial charge on any atom is 0.119 e. The maximum atomic E-state index is 5.67. The number of hydrogen-bond donors (Lipinski definition) is 0. The van der Waals surface area contributed by atoms with Crippen LogP contribution in [0.2, 0.25) is 0 Å². The Morgan fingerprint density at radius 2 is 2.19 bits per heavy atom. The molecule has 0 spiro atoms. The molecule has 0 amide bonds. The molecule has 2 nitrogen and oxygen atoms in total. The van der Waals surface area contributed by atoms with Crippen molar-refractivity contribution in [2.45, 2.75) is 25.9 Å². The normalized spacial score (nSPS) is 19.7. The molecule has 1 aliphatic rings. The van der Waals surface area contributed by atoms with Crippen LogP contribution in [0, 0.1) is 0 Å². The van der Waals surface area contributed by atoms with Gasteiger partial charge in [-0.1, -0.05) is 24.3 Å². The van der Waals surface area contributed by atoms with E-state index >= 15 is 0 Å². The van der Waals surface area contributed by atoms with Crippen molar-refractivity contribution < 1.29 is 9.47 Å². The lowest BCUT2D eigenvalue weighted by molar-refractivity contribution is 0.0679. The molecular formula is C14H18O2. The van der Waals surface area contributed by atoms with Crippen molar-refractivity contribution in [1.82, 2.24) is 0 Å². The number of ether oxygens (including phenoxy) is 2. The Morgan fingerprint density at radius 1 is 1.44 bits per heavy atom. The lowest BCUT2D eigenvalue weighted by Gasteiger charge is -2.11. The minimum atomic E-state index is 0.279. The van der Waals surface area contributed by atoms with Gasteiger partial charge in [0.05, 0.1) is 6.10 Å². The molecule has 1 heterocycles. The molecule has 2 rings (SSSR count). The van der Waals surface area contributed by atoms with Gasteiger partial charge in [0, 0.05) is 6.61 Å². The smallest absolute Gasteiger partial charge is 0.119 e. The minimum absolute atomic E-state index is 0.279. The predicted octanol–water partition coefficient (Wildman–Crippen LogP) is 3.28. The molecular weight excluding hydrogens is 200 g/mol. The molecule has 16 heavy (non-hydrogen) atoms. The van der Waals surface area contributed by atoms with E-state index in [4.69, 9.17) is 9.47 Å². The molecule has 1 saturated heterocycles. The van der Waals surface area contributed by atoms with E-state index in [0.29, 0.717) is 6.61 Å². The standard InChI is InChI=1S/C14H18O2/c1-11(2)12-5-7-13(8-6-12)16-10-14-4-3-9-15-14/h5-8,14H,1,3-4,9-10H2,2H3. The van der Waals surface area contributed by atoms with Crippen molar-refractivity contribution >= 4 is 5.57 Å². The molecule has 1 aliphatic heterocycles. The summed E-state index contributed by atoms with van der Waals surface area (Å²) in [6.45, 7) is 7.44. The van der Waals surface area contributed by atoms with Crippen molar-refractivity contribution in [1.29, 1.82) is 0 Å². The van der Waals surface area contributed by atoms with Crippen LogP contribution in [0.15, 0.2) is 30.8 Å². The highest BCUT2D eigenvalue weighted by Crippen LogP contribution is 2.19. The van der Waals surface area contributed by atoms with Gasteiger partial charge in [-0.25, -0.2) is 0 Å². The summed E-state index contributed by atoms with van der Waals surface area (Å²) in [5.41, 5.74) is 2.23. The van der Waals surface area contributed by atoms with Gasteiger partial charge in [0.2, 0.25) is 0 Å². The Labute approximate surface area is 96.9 Å². The minimum Gasteiger partial charge on any atom is -0.491 e. The third-order valence-electron chi connectivity index (χ3n) is 2.81. The Morgan fingerprint density at radius 3 is 2.75 bits per heavy atom. The summed E-state index contributed by atoms with van der Waals surface area (Å²) in [5, 5.41) is 0. The van der Waals surface area contributed by atoms with Crippen LogP contribution in [-0.2, 0) is 4.74 Å². The van der Waals surface area contributed by atoms with Crippen molar-refractivity contribution in [3.8, 4) is 5.75 Å². The summed E-state index contributed by atoms with van der Waals surface area (Å²) >= 11 is 0. The summed E-state index contributed by atoms with van der Waals surface area (Å²) in [7, 11) is 0. The molecule has 1 fully saturated rings. The Bertz CT molecular complexity index is 348. The fourth-order valence-corrected chi connectivity index (χ4v) is 1.80. The van der Waals surface area contributed by atoms with Gasteiger partial charge in [-0.05, 0) is 37.5 Å². The number of benzene rings is 1. The second-order valence-corrected chi connectivity index (χ2v) is 4.25. The van der Waals surface area contributed by atoms with E-state index in [9.17, 15) is 0 Å². The molecule has 0 saturated carbocycles. The average Bonchev–Trinajstić information content (AvgIpc) is 2.80. The number of hydrogen-bond acceptors (Lipinski definition) is 2.